The highest BCUT2D eigenvalue weighted by atomic mass is 19.1. The second kappa shape index (κ2) is 7.14. The fourth-order valence-corrected chi connectivity index (χ4v) is 2.93. The molecule has 2 aromatic carbocycles. The van der Waals surface area contributed by atoms with Crippen LogP contribution in [0.1, 0.15) is 23.5 Å². The molecule has 0 unspecified atom stereocenters. The van der Waals surface area contributed by atoms with Crippen molar-refractivity contribution in [2.45, 2.75) is 12.3 Å². The third-order valence-electron chi connectivity index (χ3n) is 4.26. The molecular formula is C19H16FN3O2. The Labute approximate surface area is 144 Å². The van der Waals surface area contributed by atoms with Crippen LogP contribution in [-0.4, -0.2) is 29.8 Å². The number of hydrogen-bond acceptors (Lipinski definition) is 3. The molecule has 2 amide bonds. The van der Waals surface area contributed by atoms with Gasteiger partial charge in [-0.1, -0.05) is 12.1 Å². The van der Waals surface area contributed by atoms with E-state index < -0.39 is 11.8 Å². The van der Waals surface area contributed by atoms with Crippen LogP contribution in [0.25, 0.3) is 0 Å². The van der Waals surface area contributed by atoms with Crippen LogP contribution in [0.5, 0.6) is 0 Å². The fourth-order valence-electron chi connectivity index (χ4n) is 2.93. The summed E-state index contributed by atoms with van der Waals surface area (Å²) in [4.78, 5) is 25.9. The van der Waals surface area contributed by atoms with Crippen LogP contribution in [-0.2, 0) is 9.59 Å². The summed E-state index contributed by atoms with van der Waals surface area (Å²) in [6, 6.07) is 14.6. The molecule has 1 aliphatic heterocycles. The first-order chi connectivity index (χ1) is 12.1. The lowest BCUT2D eigenvalue weighted by Gasteiger charge is -2.16. The largest absolute Gasteiger partial charge is 0.334 e. The normalized spacial score (nSPS) is 16.3. The smallest absolute Gasteiger partial charge is 0.313 e. The summed E-state index contributed by atoms with van der Waals surface area (Å²) in [5, 5.41) is 11.3. The van der Waals surface area contributed by atoms with Crippen molar-refractivity contribution in [2.24, 2.45) is 0 Å². The topological polar surface area (TPSA) is 73.2 Å². The molecule has 1 heterocycles. The van der Waals surface area contributed by atoms with Crippen LogP contribution < -0.4 is 5.32 Å². The van der Waals surface area contributed by atoms with E-state index in [0.717, 1.165) is 5.56 Å². The maximum Gasteiger partial charge on any atom is 0.313 e. The molecule has 6 heteroatoms. The highest BCUT2D eigenvalue weighted by molar-refractivity contribution is 6.39. The van der Waals surface area contributed by atoms with E-state index in [1.807, 2.05) is 12.1 Å². The third-order valence-corrected chi connectivity index (χ3v) is 4.26. The first kappa shape index (κ1) is 16.7. The molecule has 0 bridgehead atoms. The maximum absolute atomic E-state index is 13.3. The summed E-state index contributed by atoms with van der Waals surface area (Å²) in [5.74, 6) is -1.60. The molecule has 5 nitrogen and oxygen atoms in total. The Morgan fingerprint density at radius 3 is 2.64 bits per heavy atom. The molecule has 1 aliphatic rings. The predicted molar refractivity (Wildman–Crippen MR) is 90.1 cm³/mol. The van der Waals surface area contributed by atoms with E-state index in [1.54, 1.807) is 30.3 Å². The van der Waals surface area contributed by atoms with Gasteiger partial charge in [-0.05, 0) is 48.4 Å². The predicted octanol–water partition coefficient (Wildman–Crippen LogP) is 2.65. The van der Waals surface area contributed by atoms with Crippen LogP contribution in [0.3, 0.4) is 0 Å². The van der Waals surface area contributed by atoms with Gasteiger partial charge in [0.2, 0.25) is 0 Å². The number of nitriles is 1. The van der Waals surface area contributed by atoms with Gasteiger partial charge in [0.25, 0.3) is 0 Å². The highest BCUT2D eigenvalue weighted by Gasteiger charge is 2.30. The summed E-state index contributed by atoms with van der Waals surface area (Å²) in [6.45, 7) is 0.851. The molecule has 0 saturated carbocycles. The molecule has 0 aromatic heterocycles. The number of anilines is 1. The molecule has 126 valence electrons. The number of carbonyl (C=O) groups excluding carboxylic acids is 2. The van der Waals surface area contributed by atoms with Gasteiger partial charge in [0.05, 0.1) is 11.6 Å². The van der Waals surface area contributed by atoms with Crippen molar-refractivity contribution in [2.75, 3.05) is 18.4 Å². The summed E-state index contributed by atoms with van der Waals surface area (Å²) >= 11 is 0. The zero-order valence-corrected chi connectivity index (χ0v) is 13.4. The lowest BCUT2D eigenvalue weighted by Crippen LogP contribution is -2.38. The van der Waals surface area contributed by atoms with Crippen LogP contribution in [0.4, 0.5) is 10.1 Å². The summed E-state index contributed by atoms with van der Waals surface area (Å²) < 4.78 is 13.3. The highest BCUT2D eigenvalue weighted by Crippen LogP contribution is 2.27. The second-order valence-corrected chi connectivity index (χ2v) is 5.94. The average molecular weight is 337 g/mol. The molecule has 1 N–H and O–H groups in total. The van der Waals surface area contributed by atoms with Crippen molar-refractivity contribution >= 4 is 17.5 Å². The van der Waals surface area contributed by atoms with E-state index in [2.05, 4.69) is 5.32 Å². The zero-order valence-electron chi connectivity index (χ0n) is 13.4. The number of halogens is 1. The lowest BCUT2D eigenvalue weighted by molar-refractivity contribution is -0.142. The van der Waals surface area contributed by atoms with E-state index in [4.69, 9.17) is 5.26 Å². The van der Waals surface area contributed by atoms with Crippen molar-refractivity contribution in [3.63, 3.8) is 0 Å². The minimum Gasteiger partial charge on any atom is -0.334 e. The van der Waals surface area contributed by atoms with Gasteiger partial charge < -0.3 is 10.2 Å². The van der Waals surface area contributed by atoms with Gasteiger partial charge in [-0.15, -0.1) is 0 Å². The van der Waals surface area contributed by atoms with Crippen molar-refractivity contribution < 1.29 is 14.0 Å². The van der Waals surface area contributed by atoms with Crippen molar-refractivity contribution in [1.29, 1.82) is 5.26 Å². The Kier molecular flexibility index (Phi) is 4.75. The average Bonchev–Trinajstić information content (AvgIpc) is 3.12. The Morgan fingerprint density at radius 2 is 1.96 bits per heavy atom. The minimum absolute atomic E-state index is 0.0300. The molecule has 3 rings (SSSR count). The first-order valence-electron chi connectivity index (χ1n) is 7.92. The van der Waals surface area contributed by atoms with Gasteiger partial charge in [0, 0.05) is 24.7 Å². The third kappa shape index (κ3) is 3.83. The van der Waals surface area contributed by atoms with E-state index in [9.17, 15) is 14.0 Å². The molecule has 25 heavy (non-hydrogen) atoms. The second-order valence-electron chi connectivity index (χ2n) is 5.94. The SMILES string of the molecule is N#Cc1ccc(NC(=O)C(=O)N2CC[C@H](c3cccc(F)c3)C2)cc1. The molecule has 0 radical (unpaired) electrons. The van der Waals surface area contributed by atoms with Gasteiger partial charge in [-0.3, -0.25) is 9.59 Å². The molecule has 2 aromatic rings. The summed E-state index contributed by atoms with van der Waals surface area (Å²) in [6.07, 6.45) is 0.694. The van der Waals surface area contributed by atoms with Crippen molar-refractivity contribution in [1.82, 2.24) is 4.90 Å². The molecular weight excluding hydrogens is 321 g/mol. The van der Waals surface area contributed by atoms with Gasteiger partial charge >= 0.3 is 11.8 Å². The standard InChI is InChI=1S/C19H16FN3O2/c20-16-3-1-2-14(10-16)15-8-9-23(12-15)19(25)18(24)22-17-6-4-13(11-21)5-7-17/h1-7,10,15H,8-9,12H2,(H,22,24)/t15-/m0/s1. The number of hydrogen-bond donors (Lipinski definition) is 1. The maximum atomic E-state index is 13.3. The van der Waals surface area contributed by atoms with E-state index in [1.165, 1.54) is 17.0 Å². The number of nitrogens with one attached hydrogen (secondary N) is 1. The van der Waals surface area contributed by atoms with Crippen LogP contribution in [0.15, 0.2) is 48.5 Å². The minimum atomic E-state index is -0.718. The number of nitrogens with zero attached hydrogens (tertiary/aromatic N) is 2. The summed E-state index contributed by atoms with van der Waals surface area (Å²) in [5.41, 5.74) is 1.77. The molecule has 1 fully saturated rings. The Balaban J connectivity index is 1.61. The van der Waals surface area contributed by atoms with E-state index in [0.29, 0.717) is 30.8 Å². The quantitative estimate of drug-likeness (QED) is 0.856. The summed E-state index contributed by atoms with van der Waals surface area (Å²) in [7, 11) is 0. The number of likely N-dealkylation sites (tertiary alicyclic amines) is 1. The van der Waals surface area contributed by atoms with Gasteiger partial charge in [-0.25, -0.2) is 4.39 Å². The fraction of sp³-hybridized carbons (Fsp3) is 0.211. The van der Waals surface area contributed by atoms with Crippen LogP contribution >= 0.6 is 0 Å². The van der Waals surface area contributed by atoms with Gasteiger partial charge in [-0.2, -0.15) is 5.26 Å². The van der Waals surface area contributed by atoms with Crippen LogP contribution in [0, 0.1) is 17.1 Å². The first-order valence-corrected chi connectivity index (χ1v) is 7.92. The van der Waals surface area contributed by atoms with E-state index in [-0.39, 0.29) is 11.7 Å². The van der Waals surface area contributed by atoms with Crippen molar-refractivity contribution in [3.8, 4) is 6.07 Å². The number of benzene rings is 2. The molecule has 1 atom stereocenters. The lowest BCUT2D eigenvalue weighted by atomic mass is 9.98. The van der Waals surface area contributed by atoms with Gasteiger partial charge in [0.15, 0.2) is 0 Å². The zero-order chi connectivity index (χ0) is 17.8. The van der Waals surface area contributed by atoms with Gasteiger partial charge in [0.1, 0.15) is 5.82 Å². The Hall–Kier alpha value is -3.20. The van der Waals surface area contributed by atoms with Crippen molar-refractivity contribution in [3.05, 3.63) is 65.5 Å². The Morgan fingerprint density at radius 1 is 1.20 bits per heavy atom. The monoisotopic (exact) mass is 337 g/mol. The number of carbonyl (C=O) groups is 2. The number of rotatable bonds is 2. The molecule has 1 saturated heterocycles. The Bertz CT molecular complexity index is 842. The van der Waals surface area contributed by atoms with E-state index >= 15 is 0 Å². The number of amides is 2. The van der Waals surface area contributed by atoms with Crippen LogP contribution in [0.2, 0.25) is 0 Å². The molecule has 0 aliphatic carbocycles. The molecule has 0 spiro atoms.